The standard InChI is InChI=1S/C22H27ClF2N4O5/c1-12(2)22(21(6-7-26-11-21)27-17(31)10-33-13(3)30)28-19(32)18(23)20(29-22)34-9-14-4-5-15(24)8-16(14)25/h4-5,8,12,26,29H,6-7,9-11H2,1-3H3,(H,27,31)(H,28,32)/t21-,22?/m1/s1. The maximum Gasteiger partial charge on any atom is 0.303 e. The maximum absolute atomic E-state index is 14.1. The second-order valence-electron chi connectivity index (χ2n) is 8.55. The van der Waals surface area contributed by atoms with Crippen LogP contribution in [0.25, 0.3) is 0 Å². The zero-order valence-corrected chi connectivity index (χ0v) is 19.8. The minimum Gasteiger partial charge on any atom is -0.473 e. The normalized spacial score (nSPS) is 24.5. The summed E-state index contributed by atoms with van der Waals surface area (Å²) in [5.41, 5.74) is -2.26. The van der Waals surface area contributed by atoms with Crippen LogP contribution in [-0.4, -0.2) is 48.7 Å². The van der Waals surface area contributed by atoms with Gasteiger partial charge in [-0.2, -0.15) is 0 Å². The number of esters is 1. The molecular weight excluding hydrogens is 474 g/mol. The van der Waals surface area contributed by atoms with Gasteiger partial charge in [-0.15, -0.1) is 0 Å². The van der Waals surface area contributed by atoms with E-state index in [4.69, 9.17) is 21.1 Å². The minimum absolute atomic E-state index is 0.0632. The molecule has 0 radical (unpaired) electrons. The number of nitrogens with one attached hydrogen (secondary N) is 4. The first-order chi connectivity index (χ1) is 16.0. The highest BCUT2D eigenvalue weighted by Gasteiger charge is 2.59. The SMILES string of the molecule is CC(=O)OCC(=O)N[C@]1(C2(C(C)C)NC(=O)C(Cl)=C(OCc3ccc(F)cc3F)N2)CCNC1. The van der Waals surface area contributed by atoms with Crippen molar-refractivity contribution in [2.24, 2.45) is 5.92 Å². The van der Waals surface area contributed by atoms with Gasteiger partial charge in [0.2, 0.25) is 5.88 Å². The summed E-state index contributed by atoms with van der Waals surface area (Å²) in [4.78, 5) is 36.6. The Bertz CT molecular complexity index is 1010. The van der Waals surface area contributed by atoms with E-state index < -0.39 is 47.2 Å². The highest BCUT2D eigenvalue weighted by molar-refractivity contribution is 6.42. The minimum atomic E-state index is -1.27. The van der Waals surface area contributed by atoms with Crippen molar-refractivity contribution in [2.75, 3.05) is 19.7 Å². The monoisotopic (exact) mass is 500 g/mol. The van der Waals surface area contributed by atoms with Crippen LogP contribution in [0.3, 0.4) is 0 Å². The van der Waals surface area contributed by atoms with Gasteiger partial charge in [-0.3, -0.25) is 14.4 Å². The smallest absolute Gasteiger partial charge is 0.303 e. The molecule has 0 aromatic heterocycles. The van der Waals surface area contributed by atoms with Crippen LogP contribution in [0.5, 0.6) is 0 Å². The predicted octanol–water partition coefficient (Wildman–Crippen LogP) is 1.37. The molecule has 1 fully saturated rings. The Kier molecular flexibility index (Phi) is 7.67. The van der Waals surface area contributed by atoms with Crippen LogP contribution in [0.1, 0.15) is 32.8 Å². The van der Waals surface area contributed by atoms with Crippen LogP contribution in [0.2, 0.25) is 0 Å². The quantitative estimate of drug-likeness (QED) is 0.398. The van der Waals surface area contributed by atoms with E-state index in [1.165, 1.54) is 13.0 Å². The molecule has 2 heterocycles. The fraction of sp³-hybridized carbons (Fsp3) is 0.500. The summed E-state index contributed by atoms with van der Waals surface area (Å²) in [6.45, 7) is 4.87. The molecule has 2 atom stereocenters. The third kappa shape index (κ3) is 5.10. The molecule has 9 nitrogen and oxygen atoms in total. The van der Waals surface area contributed by atoms with E-state index in [0.717, 1.165) is 12.1 Å². The van der Waals surface area contributed by atoms with Crippen molar-refractivity contribution in [2.45, 2.75) is 45.0 Å². The van der Waals surface area contributed by atoms with Crippen molar-refractivity contribution in [1.29, 1.82) is 0 Å². The molecule has 1 unspecified atom stereocenters. The molecule has 0 aliphatic carbocycles. The number of ether oxygens (including phenoxy) is 2. The number of carbonyl (C=O) groups excluding carboxylic acids is 3. The zero-order valence-electron chi connectivity index (χ0n) is 19.0. The van der Waals surface area contributed by atoms with Gasteiger partial charge >= 0.3 is 5.97 Å². The van der Waals surface area contributed by atoms with E-state index in [-0.39, 0.29) is 35.5 Å². The Morgan fingerprint density at radius 3 is 2.59 bits per heavy atom. The molecule has 0 spiro atoms. The second-order valence-corrected chi connectivity index (χ2v) is 8.92. The predicted molar refractivity (Wildman–Crippen MR) is 118 cm³/mol. The fourth-order valence-electron chi connectivity index (χ4n) is 4.27. The van der Waals surface area contributed by atoms with Crippen LogP contribution in [-0.2, 0) is 30.5 Å². The number of halogens is 3. The van der Waals surface area contributed by atoms with Gasteiger partial charge in [0.05, 0.1) is 5.54 Å². The van der Waals surface area contributed by atoms with Gasteiger partial charge < -0.3 is 30.7 Å². The summed E-state index contributed by atoms with van der Waals surface area (Å²) in [5.74, 6) is -3.75. The van der Waals surface area contributed by atoms with E-state index in [1.54, 1.807) is 0 Å². The Balaban J connectivity index is 1.90. The van der Waals surface area contributed by atoms with Crippen LogP contribution >= 0.6 is 11.6 Å². The van der Waals surface area contributed by atoms with Crippen molar-refractivity contribution in [3.63, 3.8) is 0 Å². The highest BCUT2D eigenvalue weighted by Crippen LogP contribution is 2.37. The lowest BCUT2D eigenvalue weighted by Crippen LogP contribution is -2.81. The molecule has 2 aliphatic rings. The third-order valence-electron chi connectivity index (χ3n) is 5.97. The van der Waals surface area contributed by atoms with Crippen LogP contribution < -0.4 is 21.3 Å². The molecule has 2 aliphatic heterocycles. The van der Waals surface area contributed by atoms with Gasteiger partial charge in [-0.05, 0) is 31.0 Å². The lowest BCUT2D eigenvalue weighted by atomic mass is 9.74. The lowest BCUT2D eigenvalue weighted by molar-refractivity contribution is -0.147. The number of carbonyl (C=O) groups is 3. The van der Waals surface area contributed by atoms with Crippen molar-refractivity contribution in [1.82, 2.24) is 21.3 Å². The molecule has 4 N–H and O–H groups in total. The highest BCUT2D eigenvalue weighted by atomic mass is 35.5. The molecule has 186 valence electrons. The summed E-state index contributed by atoms with van der Waals surface area (Å²) in [6, 6.07) is 3.05. The van der Waals surface area contributed by atoms with Crippen LogP contribution in [0, 0.1) is 17.6 Å². The first-order valence-corrected chi connectivity index (χ1v) is 11.1. The molecule has 0 saturated carbocycles. The molecule has 2 amide bonds. The number of hydrogen-bond acceptors (Lipinski definition) is 7. The average molecular weight is 501 g/mol. The average Bonchev–Trinajstić information content (AvgIpc) is 3.24. The summed E-state index contributed by atoms with van der Waals surface area (Å²) >= 11 is 6.20. The second kappa shape index (κ2) is 10.1. The van der Waals surface area contributed by atoms with Crippen LogP contribution in [0.15, 0.2) is 29.1 Å². The largest absolute Gasteiger partial charge is 0.473 e. The molecule has 0 bridgehead atoms. The third-order valence-corrected chi connectivity index (χ3v) is 6.31. The first-order valence-electron chi connectivity index (χ1n) is 10.7. The van der Waals surface area contributed by atoms with Crippen molar-refractivity contribution in [3.05, 3.63) is 46.3 Å². The Morgan fingerprint density at radius 1 is 1.26 bits per heavy atom. The van der Waals surface area contributed by atoms with E-state index in [9.17, 15) is 23.2 Å². The molecular formula is C22H27ClF2N4O5. The Labute approximate surface area is 200 Å². The maximum atomic E-state index is 14.1. The van der Waals surface area contributed by atoms with E-state index >= 15 is 0 Å². The molecule has 1 aromatic rings. The van der Waals surface area contributed by atoms with E-state index in [1.807, 2.05) is 13.8 Å². The van der Waals surface area contributed by atoms with Crippen LogP contribution in [0.4, 0.5) is 8.78 Å². The molecule has 34 heavy (non-hydrogen) atoms. The van der Waals surface area contributed by atoms with Gasteiger partial charge in [-0.1, -0.05) is 25.4 Å². The lowest BCUT2D eigenvalue weighted by Gasteiger charge is -2.53. The number of rotatable bonds is 8. The summed E-state index contributed by atoms with van der Waals surface area (Å²) in [6.07, 6.45) is 0.418. The number of benzene rings is 1. The molecule has 12 heteroatoms. The summed E-state index contributed by atoms with van der Waals surface area (Å²) < 4.78 is 37.8. The Morgan fingerprint density at radius 2 is 2.00 bits per heavy atom. The first kappa shape index (κ1) is 25.7. The molecule has 1 aromatic carbocycles. The topological polar surface area (TPSA) is 118 Å². The Hall–Kier alpha value is -2.92. The number of hydrogen-bond donors (Lipinski definition) is 4. The number of amides is 2. The van der Waals surface area contributed by atoms with Gasteiger partial charge in [0.1, 0.15) is 23.9 Å². The van der Waals surface area contributed by atoms with E-state index in [2.05, 4.69) is 21.3 Å². The summed E-state index contributed by atoms with van der Waals surface area (Å²) in [5, 5.41) is 11.8. The van der Waals surface area contributed by atoms with Crippen molar-refractivity contribution >= 4 is 29.4 Å². The zero-order chi connectivity index (χ0) is 25.1. The van der Waals surface area contributed by atoms with E-state index in [0.29, 0.717) is 13.0 Å². The van der Waals surface area contributed by atoms with Gasteiger partial charge in [0, 0.05) is 25.1 Å². The van der Waals surface area contributed by atoms with Crippen molar-refractivity contribution < 1.29 is 32.6 Å². The molecule has 1 saturated heterocycles. The van der Waals surface area contributed by atoms with Gasteiger partial charge in [0.25, 0.3) is 11.8 Å². The fourth-order valence-corrected chi connectivity index (χ4v) is 4.42. The van der Waals surface area contributed by atoms with Crippen molar-refractivity contribution in [3.8, 4) is 0 Å². The summed E-state index contributed by atoms with van der Waals surface area (Å²) in [7, 11) is 0. The van der Waals surface area contributed by atoms with Gasteiger partial charge in [-0.25, -0.2) is 8.78 Å². The molecule has 3 rings (SSSR count). The van der Waals surface area contributed by atoms with Gasteiger partial charge in [0.15, 0.2) is 11.6 Å².